The van der Waals surface area contributed by atoms with Gasteiger partial charge in [-0.15, -0.1) is 0 Å². The minimum atomic E-state index is -1.54. The number of benzene rings is 1. The molecule has 15 heavy (non-hydrogen) atoms. The van der Waals surface area contributed by atoms with E-state index in [2.05, 4.69) is 0 Å². The Bertz CT molecular complexity index is 348. The maximum atomic E-state index is 13.4. The van der Waals surface area contributed by atoms with Gasteiger partial charge >= 0.3 is 7.12 Å². The minimum absolute atomic E-state index is 0.0279. The molecule has 0 atom stereocenters. The maximum Gasteiger partial charge on any atom is 0.488 e. The molecule has 1 aromatic carbocycles. The molecule has 0 heterocycles. The van der Waals surface area contributed by atoms with Crippen LogP contribution in [0.15, 0.2) is 18.2 Å². The number of hydrogen-bond acceptors (Lipinski definition) is 2. The molecule has 80 valence electrons. The molecule has 1 rings (SSSR count). The van der Waals surface area contributed by atoms with Crippen LogP contribution in [0.25, 0.3) is 0 Å². The molecule has 1 aromatic rings. The first kappa shape index (κ1) is 12.3. The van der Waals surface area contributed by atoms with Crippen LogP contribution in [-0.4, -0.2) is 24.4 Å². The van der Waals surface area contributed by atoms with Crippen molar-refractivity contribution in [3.05, 3.63) is 24.0 Å². The van der Waals surface area contributed by atoms with Gasteiger partial charge in [-0.05, 0) is 17.0 Å². The second kappa shape index (κ2) is 4.37. The van der Waals surface area contributed by atoms with Crippen molar-refractivity contribution in [1.29, 1.82) is 0 Å². The number of rotatable bonds is 2. The van der Waals surface area contributed by atoms with E-state index in [1.165, 1.54) is 18.2 Å². The topological polar surface area (TPSA) is 40.5 Å². The lowest BCUT2D eigenvalue weighted by Crippen LogP contribution is -2.36. The summed E-state index contributed by atoms with van der Waals surface area (Å²) in [4.78, 5) is 0. The first-order chi connectivity index (χ1) is 6.79. The molecule has 0 aliphatic heterocycles. The molecule has 2 N–H and O–H groups in total. The third kappa shape index (κ3) is 3.68. The Labute approximate surface area is 90.5 Å². The zero-order valence-corrected chi connectivity index (χ0v) is 9.29. The predicted molar refractivity (Wildman–Crippen MR) is 62.7 cm³/mol. The van der Waals surface area contributed by atoms with Crippen LogP contribution in [0.3, 0.4) is 0 Å². The molecule has 0 aromatic heterocycles. The van der Waals surface area contributed by atoms with Gasteiger partial charge in [-0.3, -0.25) is 0 Å². The highest BCUT2D eigenvalue weighted by Crippen LogP contribution is 2.19. The molecule has 0 fully saturated rings. The summed E-state index contributed by atoms with van der Waals surface area (Å²) in [5.74, 6) is -0.297. The van der Waals surface area contributed by atoms with Crippen molar-refractivity contribution in [2.24, 2.45) is 0 Å². The fourth-order valence-electron chi connectivity index (χ4n) is 1.46. The Morgan fingerprint density at radius 2 is 1.87 bits per heavy atom. The summed E-state index contributed by atoms with van der Waals surface area (Å²) >= 11 is 0. The van der Waals surface area contributed by atoms with Gasteiger partial charge in [0.15, 0.2) is 7.28 Å². The Hall–Kier alpha value is -0.800. The monoisotopic (exact) mass is 208 g/mol. The third-order valence-electron chi connectivity index (χ3n) is 2.09. The first-order valence-electron chi connectivity index (χ1n) is 4.94. The van der Waals surface area contributed by atoms with Crippen LogP contribution in [0.5, 0.6) is 0 Å². The molecule has 2 nitrogen and oxygen atoms in total. The summed E-state index contributed by atoms with van der Waals surface area (Å²) in [5, 5.41) is 17.9. The van der Waals surface area contributed by atoms with Gasteiger partial charge in [-0.1, -0.05) is 38.2 Å². The molecule has 0 aliphatic rings. The lowest BCUT2D eigenvalue weighted by molar-refractivity contribution is 0.425. The summed E-state index contributed by atoms with van der Waals surface area (Å²) in [6.45, 7) is 6.03. The van der Waals surface area contributed by atoms with Gasteiger partial charge < -0.3 is 10.0 Å². The Balaban J connectivity index is 3.01. The smallest absolute Gasteiger partial charge is 0.423 e. The van der Waals surface area contributed by atoms with Gasteiger partial charge in [0, 0.05) is 0 Å². The predicted octanol–water partition coefficient (Wildman–Crippen LogP) is -0.214. The molecule has 0 spiro atoms. The molecule has 5 heteroatoms. The highest BCUT2D eigenvalue weighted by atomic mass is 19.1. The average molecular weight is 208 g/mol. The molecular weight excluding hydrogens is 193 g/mol. The zero-order valence-electron chi connectivity index (χ0n) is 9.29. The van der Waals surface area contributed by atoms with E-state index in [1.54, 1.807) is 0 Å². The van der Waals surface area contributed by atoms with E-state index in [-0.39, 0.29) is 11.1 Å². The lowest BCUT2D eigenvalue weighted by atomic mass is 9.50. The summed E-state index contributed by atoms with van der Waals surface area (Å²) < 4.78 is 13.4. The Morgan fingerprint density at radius 3 is 2.33 bits per heavy atom. The summed E-state index contributed by atoms with van der Waals surface area (Å²) in [5.41, 5.74) is 0.851. The van der Waals surface area contributed by atoms with E-state index >= 15 is 0 Å². The van der Waals surface area contributed by atoms with E-state index in [4.69, 9.17) is 10.0 Å². The lowest BCUT2D eigenvalue weighted by Gasteiger charge is -2.17. The molecular formula is C10H15B2FO2. The fraction of sp³-hybridized carbons (Fsp3) is 0.400. The zero-order chi connectivity index (χ0) is 11.6. The Morgan fingerprint density at radius 1 is 1.27 bits per heavy atom. The average Bonchev–Trinajstić information content (AvgIpc) is 2.06. The van der Waals surface area contributed by atoms with Crippen LogP contribution in [0, 0.1) is 5.82 Å². The summed E-state index contributed by atoms with van der Waals surface area (Å²) in [7, 11) is -0.969. The standard InChI is InChI=1S/C10H15B2FO2/c1-10(2,3)11-8-6-7(12(14)15)4-5-9(8)13/h4-6,11,14-15H,1-3H3. The van der Waals surface area contributed by atoms with E-state index < -0.39 is 7.12 Å². The molecule has 0 unspecified atom stereocenters. The largest absolute Gasteiger partial charge is 0.488 e. The van der Waals surface area contributed by atoms with Gasteiger partial charge in [0.25, 0.3) is 0 Å². The molecule has 0 amide bonds. The van der Waals surface area contributed by atoms with Crippen molar-refractivity contribution < 1.29 is 14.4 Å². The maximum absolute atomic E-state index is 13.4. The van der Waals surface area contributed by atoms with Crippen LogP contribution < -0.4 is 10.9 Å². The van der Waals surface area contributed by atoms with Gasteiger partial charge in [-0.2, -0.15) is 0 Å². The van der Waals surface area contributed by atoms with Crippen molar-refractivity contribution in [3.8, 4) is 0 Å². The van der Waals surface area contributed by atoms with Gasteiger partial charge in [-0.25, -0.2) is 4.39 Å². The van der Waals surface area contributed by atoms with Crippen molar-refractivity contribution in [2.75, 3.05) is 0 Å². The second-order valence-electron chi connectivity index (χ2n) is 4.96. The summed E-state index contributed by atoms with van der Waals surface area (Å²) in [6, 6.07) is 4.16. The SMILES string of the molecule is CC(C)(C)Bc1cc(B(O)O)ccc1F. The van der Waals surface area contributed by atoms with Gasteiger partial charge in [0.05, 0.1) is 0 Å². The van der Waals surface area contributed by atoms with E-state index in [0.29, 0.717) is 18.2 Å². The molecule has 0 radical (unpaired) electrons. The highest BCUT2D eigenvalue weighted by Gasteiger charge is 2.19. The normalized spacial score (nSPS) is 11.3. The number of halogens is 1. The van der Waals surface area contributed by atoms with Crippen molar-refractivity contribution in [1.82, 2.24) is 0 Å². The molecule has 0 aliphatic carbocycles. The van der Waals surface area contributed by atoms with E-state index in [1.807, 2.05) is 20.8 Å². The highest BCUT2D eigenvalue weighted by molar-refractivity contribution is 6.61. The van der Waals surface area contributed by atoms with E-state index in [0.717, 1.165) is 0 Å². The fourth-order valence-corrected chi connectivity index (χ4v) is 1.46. The van der Waals surface area contributed by atoms with Crippen LogP contribution in [0.2, 0.25) is 5.31 Å². The minimum Gasteiger partial charge on any atom is -0.423 e. The van der Waals surface area contributed by atoms with Crippen molar-refractivity contribution >= 4 is 25.3 Å². The molecule has 0 saturated carbocycles. The van der Waals surface area contributed by atoms with Crippen LogP contribution in [0.1, 0.15) is 20.8 Å². The Kier molecular flexibility index (Phi) is 3.58. The van der Waals surface area contributed by atoms with Crippen molar-refractivity contribution in [2.45, 2.75) is 26.1 Å². The van der Waals surface area contributed by atoms with Crippen LogP contribution >= 0.6 is 0 Å². The van der Waals surface area contributed by atoms with Crippen molar-refractivity contribution in [3.63, 3.8) is 0 Å². The van der Waals surface area contributed by atoms with Crippen LogP contribution in [-0.2, 0) is 0 Å². The third-order valence-corrected chi connectivity index (χ3v) is 2.09. The molecule has 0 bridgehead atoms. The summed E-state index contributed by atoms with van der Waals surface area (Å²) in [6.07, 6.45) is 0. The van der Waals surface area contributed by atoms with Crippen LogP contribution in [0.4, 0.5) is 4.39 Å². The molecule has 0 saturated heterocycles. The number of hydrogen-bond donors (Lipinski definition) is 2. The quantitative estimate of drug-likeness (QED) is 0.659. The second-order valence-corrected chi connectivity index (χ2v) is 4.96. The van der Waals surface area contributed by atoms with Gasteiger partial charge in [0.1, 0.15) is 5.82 Å². The van der Waals surface area contributed by atoms with Gasteiger partial charge in [0.2, 0.25) is 0 Å². The van der Waals surface area contributed by atoms with E-state index in [9.17, 15) is 4.39 Å². The first-order valence-corrected chi connectivity index (χ1v) is 4.94.